The maximum absolute atomic E-state index is 8.78. The minimum absolute atomic E-state index is 0.269. The fourth-order valence-electron chi connectivity index (χ4n) is 1.39. The molecule has 0 amide bonds. The summed E-state index contributed by atoms with van der Waals surface area (Å²) < 4.78 is 1.30. The van der Waals surface area contributed by atoms with Gasteiger partial charge < -0.3 is 5.84 Å². The summed E-state index contributed by atoms with van der Waals surface area (Å²) in [4.78, 5) is 0. The normalized spacial score (nSPS) is 12.1. The van der Waals surface area contributed by atoms with Crippen LogP contribution in [0.15, 0.2) is 23.4 Å². The van der Waals surface area contributed by atoms with Gasteiger partial charge in [-0.25, -0.2) is 4.68 Å². The smallest absolute Gasteiger partial charge is 0.211 e. The lowest BCUT2D eigenvalue weighted by molar-refractivity contribution is 0.848. The molecule has 1 atom stereocenters. The van der Waals surface area contributed by atoms with E-state index in [0.29, 0.717) is 26.6 Å². The van der Waals surface area contributed by atoms with Crippen molar-refractivity contribution in [2.24, 2.45) is 0 Å². The summed E-state index contributed by atoms with van der Waals surface area (Å²) in [5.74, 6) is 6.32. The molecule has 2 aromatic rings. The van der Waals surface area contributed by atoms with Crippen LogP contribution in [0, 0.1) is 11.3 Å². The molecule has 2 rings (SSSR count). The molecule has 1 heterocycles. The third-order valence-corrected chi connectivity index (χ3v) is 3.81. The molecule has 0 spiro atoms. The Hall–Kier alpha value is -1.42. The maximum atomic E-state index is 8.78. The third-order valence-electron chi connectivity index (χ3n) is 2.30. The lowest BCUT2D eigenvalue weighted by Gasteiger charge is -2.06. The van der Waals surface area contributed by atoms with Crippen LogP contribution in [0.5, 0.6) is 0 Å². The molecule has 0 unspecified atom stereocenters. The van der Waals surface area contributed by atoms with Gasteiger partial charge in [-0.2, -0.15) is 5.26 Å². The molecular weight excluding hydrogens is 305 g/mol. The zero-order valence-electron chi connectivity index (χ0n) is 9.84. The summed E-state index contributed by atoms with van der Waals surface area (Å²) >= 11 is 13.2. The molecule has 0 aliphatic heterocycles. The van der Waals surface area contributed by atoms with Crippen molar-refractivity contribution in [1.82, 2.24) is 14.9 Å². The Morgan fingerprint density at radius 2 is 2.16 bits per heavy atom. The van der Waals surface area contributed by atoms with E-state index in [0.717, 1.165) is 0 Å². The molecule has 0 radical (unpaired) electrons. The number of nitrogen functional groups attached to an aromatic ring is 1. The number of thioether (sulfide) groups is 1. The van der Waals surface area contributed by atoms with Crippen LogP contribution in [-0.4, -0.2) is 20.1 Å². The van der Waals surface area contributed by atoms with Crippen molar-refractivity contribution in [3.8, 4) is 17.5 Å². The lowest BCUT2D eigenvalue weighted by Crippen LogP contribution is -2.12. The molecule has 0 saturated heterocycles. The summed E-state index contributed by atoms with van der Waals surface area (Å²) in [6, 6.07) is 7.10. The Balaban J connectivity index is 2.42. The van der Waals surface area contributed by atoms with E-state index < -0.39 is 0 Å². The van der Waals surface area contributed by atoms with Gasteiger partial charge in [0.05, 0.1) is 16.3 Å². The van der Waals surface area contributed by atoms with Gasteiger partial charge in [0, 0.05) is 10.6 Å². The lowest BCUT2D eigenvalue weighted by atomic mass is 10.2. The number of hydrogen-bond donors (Lipinski definition) is 1. The minimum atomic E-state index is -0.269. The van der Waals surface area contributed by atoms with Gasteiger partial charge in [0.25, 0.3) is 0 Å². The minimum Gasteiger partial charge on any atom is -0.335 e. The second-order valence-corrected chi connectivity index (χ2v) is 5.84. The number of hydrogen-bond acceptors (Lipinski definition) is 5. The van der Waals surface area contributed by atoms with Gasteiger partial charge in [0.2, 0.25) is 5.16 Å². The SMILES string of the molecule is C[C@H](C#N)Sc1nnc(-c2cc(Cl)ccc2Cl)n1N. The fourth-order valence-corrected chi connectivity index (χ4v) is 2.43. The van der Waals surface area contributed by atoms with Crippen LogP contribution < -0.4 is 5.84 Å². The van der Waals surface area contributed by atoms with E-state index >= 15 is 0 Å². The zero-order chi connectivity index (χ0) is 14.0. The molecule has 0 aliphatic rings. The van der Waals surface area contributed by atoms with Crippen molar-refractivity contribution < 1.29 is 0 Å². The van der Waals surface area contributed by atoms with Crippen molar-refractivity contribution >= 4 is 35.0 Å². The first-order valence-corrected chi connectivity index (χ1v) is 6.88. The van der Waals surface area contributed by atoms with Gasteiger partial charge >= 0.3 is 0 Å². The Labute approximate surface area is 124 Å². The average Bonchev–Trinajstić information content (AvgIpc) is 2.74. The predicted molar refractivity (Wildman–Crippen MR) is 76.6 cm³/mol. The van der Waals surface area contributed by atoms with E-state index in [4.69, 9.17) is 34.3 Å². The number of halogens is 2. The van der Waals surface area contributed by atoms with E-state index in [9.17, 15) is 0 Å². The number of aromatic nitrogens is 3. The first kappa shape index (κ1) is 14.0. The van der Waals surface area contributed by atoms with Gasteiger partial charge in [-0.3, -0.25) is 0 Å². The van der Waals surface area contributed by atoms with E-state index in [1.165, 1.54) is 16.4 Å². The number of benzene rings is 1. The van der Waals surface area contributed by atoms with Crippen molar-refractivity contribution in [3.63, 3.8) is 0 Å². The predicted octanol–water partition coefficient (Wildman–Crippen LogP) is 2.97. The second kappa shape index (κ2) is 5.70. The second-order valence-electron chi connectivity index (χ2n) is 3.69. The number of rotatable bonds is 3. The molecule has 1 aromatic heterocycles. The number of nitrogens with zero attached hydrogens (tertiary/aromatic N) is 4. The molecule has 0 saturated carbocycles. The molecule has 98 valence electrons. The first-order chi connectivity index (χ1) is 9.02. The first-order valence-electron chi connectivity index (χ1n) is 5.25. The third kappa shape index (κ3) is 2.95. The van der Waals surface area contributed by atoms with E-state index in [1.807, 2.05) is 0 Å². The fraction of sp³-hybridized carbons (Fsp3) is 0.182. The van der Waals surface area contributed by atoms with Crippen LogP contribution in [0.4, 0.5) is 0 Å². The van der Waals surface area contributed by atoms with E-state index in [2.05, 4.69) is 16.3 Å². The highest BCUT2D eigenvalue weighted by Crippen LogP contribution is 2.31. The molecule has 0 fully saturated rings. The van der Waals surface area contributed by atoms with Gasteiger partial charge in [-0.1, -0.05) is 35.0 Å². The Morgan fingerprint density at radius 3 is 2.84 bits per heavy atom. The quantitative estimate of drug-likeness (QED) is 0.696. The topological polar surface area (TPSA) is 80.5 Å². The molecule has 2 N–H and O–H groups in total. The van der Waals surface area contributed by atoms with E-state index in [-0.39, 0.29) is 5.25 Å². The molecule has 5 nitrogen and oxygen atoms in total. The molecule has 19 heavy (non-hydrogen) atoms. The maximum Gasteiger partial charge on any atom is 0.211 e. The van der Waals surface area contributed by atoms with Gasteiger partial charge in [-0.15, -0.1) is 10.2 Å². The average molecular weight is 314 g/mol. The highest BCUT2D eigenvalue weighted by atomic mass is 35.5. The van der Waals surface area contributed by atoms with Gasteiger partial charge in [-0.05, 0) is 25.1 Å². The summed E-state index contributed by atoms with van der Waals surface area (Å²) in [5.41, 5.74) is 0.598. The standard InChI is InChI=1S/C11H9Cl2N5S/c1-6(5-14)19-11-17-16-10(18(11)15)8-4-7(12)2-3-9(8)13/h2-4,6H,15H2,1H3/t6-/m1/s1. The van der Waals surface area contributed by atoms with E-state index in [1.54, 1.807) is 25.1 Å². The van der Waals surface area contributed by atoms with Crippen LogP contribution in [-0.2, 0) is 0 Å². The van der Waals surface area contributed by atoms with Crippen LogP contribution in [0.2, 0.25) is 10.0 Å². The Kier molecular flexibility index (Phi) is 4.20. The van der Waals surface area contributed by atoms with Crippen molar-refractivity contribution in [2.75, 3.05) is 5.84 Å². The molecule has 0 aliphatic carbocycles. The molecule has 0 bridgehead atoms. The van der Waals surface area contributed by atoms with Crippen LogP contribution >= 0.6 is 35.0 Å². The summed E-state index contributed by atoms with van der Waals surface area (Å²) in [6.45, 7) is 1.76. The largest absolute Gasteiger partial charge is 0.335 e. The van der Waals surface area contributed by atoms with Crippen LogP contribution in [0.3, 0.4) is 0 Å². The monoisotopic (exact) mass is 313 g/mol. The highest BCUT2D eigenvalue weighted by Gasteiger charge is 2.17. The zero-order valence-corrected chi connectivity index (χ0v) is 12.2. The van der Waals surface area contributed by atoms with Crippen LogP contribution in [0.1, 0.15) is 6.92 Å². The Morgan fingerprint density at radius 1 is 1.42 bits per heavy atom. The summed E-state index contributed by atoms with van der Waals surface area (Å²) in [6.07, 6.45) is 0. The van der Waals surface area contributed by atoms with Gasteiger partial charge in [0.1, 0.15) is 0 Å². The highest BCUT2D eigenvalue weighted by molar-refractivity contribution is 8.00. The number of nitrogens with two attached hydrogens (primary N) is 1. The van der Waals surface area contributed by atoms with Crippen molar-refractivity contribution in [3.05, 3.63) is 28.2 Å². The summed E-state index contributed by atoms with van der Waals surface area (Å²) in [7, 11) is 0. The van der Waals surface area contributed by atoms with Crippen molar-refractivity contribution in [2.45, 2.75) is 17.3 Å². The molecule has 8 heteroatoms. The van der Waals surface area contributed by atoms with Crippen LogP contribution in [0.25, 0.3) is 11.4 Å². The Bertz CT molecular complexity index is 649. The molecule has 1 aromatic carbocycles. The summed E-state index contributed by atoms with van der Waals surface area (Å²) in [5, 5.41) is 17.9. The van der Waals surface area contributed by atoms with Crippen molar-refractivity contribution in [1.29, 1.82) is 5.26 Å². The number of nitriles is 1. The van der Waals surface area contributed by atoms with Gasteiger partial charge in [0.15, 0.2) is 5.82 Å². The molecular formula is C11H9Cl2N5S.